The summed E-state index contributed by atoms with van der Waals surface area (Å²) in [4.78, 5) is 25.2. The summed E-state index contributed by atoms with van der Waals surface area (Å²) in [6.45, 7) is 1.65. The molecule has 0 spiro atoms. The molecule has 1 heterocycles. The molecule has 0 saturated carbocycles. The highest BCUT2D eigenvalue weighted by atomic mass is 32.2. The molecule has 0 aliphatic heterocycles. The van der Waals surface area contributed by atoms with E-state index in [9.17, 15) is 18.0 Å². The molecular formula is C14H22N2O6S2. The molecule has 0 aliphatic carbocycles. The van der Waals surface area contributed by atoms with Gasteiger partial charge in [-0.05, 0) is 18.4 Å². The number of carbonyl (C=O) groups excluding carboxylic acids is 2. The fourth-order valence-electron chi connectivity index (χ4n) is 1.80. The van der Waals surface area contributed by atoms with Crippen molar-refractivity contribution in [1.82, 2.24) is 9.21 Å². The summed E-state index contributed by atoms with van der Waals surface area (Å²) in [6.07, 6.45) is 0. The second kappa shape index (κ2) is 9.72. The average molecular weight is 378 g/mol. The zero-order valence-corrected chi connectivity index (χ0v) is 15.6. The van der Waals surface area contributed by atoms with Gasteiger partial charge < -0.3 is 14.4 Å². The lowest BCUT2D eigenvalue weighted by Crippen LogP contribution is -2.44. The van der Waals surface area contributed by atoms with E-state index in [2.05, 4.69) is 0 Å². The number of hydrogen-bond acceptors (Lipinski definition) is 7. The van der Waals surface area contributed by atoms with Gasteiger partial charge in [0.05, 0.1) is 19.8 Å². The van der Waals surface area contributed by atoms with Gasteiger partial charge in [0.25, 0.3) is 10.0 Å². The lowest BCUT2D eigenvalue weighted by Gasteiger charge is -2.24. The van der Waals surface area contributed by atoms with Crippen LogP contribution in [-0.2, 0) is 29.1 Å². The van der Waals surface area contributed by atoms with Gasteiger partial charge in [0.2, 0.25) is 5.91 Å². The summed E-state index contributed by atoms with van der Waals surface area (Å²) in [7, 11) is -0.929. The number of amides is 1. The maximum atomic E-state index is 12.4. The van der Waals surface area contributed by atoms with Crippen LogP contribution in [0.3, 0.4) is 0 Å². The third-order valence-corrected chi connectivity index (χ3v) is 6.24. The first-order valence-corrected chi connectivity index (χ1v) is 9.57. The Morgan fingerprint density at radius 1 is 1.29 bits per heavy atom. The Morgan fingerprint density at radius 2 is 2.00 bits per heavy atom. The molecule has 0 bridgehead atoms. The van der Waals surface area contributed by atoms with E-state index in [1.54, 1.807) is 18.4 Å². The van der Waals surface area contributed by atoms with Gasteiger partial charge in [-0.2, -0.15) is 4.31 Å². The van der Waals surface area contributed by atoms with E-state index in [0.717, 1.165) is 15.6 Å². The van der Waals surface area contributed by atoms with Crippen LogP contribution in [-0.4, -0.2) is 76.5 Å². The lowest BCUT2D eigenvalue weighted by atomic mass is 10.4. The molecule has 0 unspecified atom stereocenters. The van der Waals surface area contributed by atoms with Crippen molar-refractivity contribution in [2.75, 3.05) is 47.0 Å². The van der Waals surface area contributed by atoms with E-state index in [0.29, 0.717) is 0 Å². The van der Waals surface area contributed by atoms with Crippen molar-refractivity contribution in [3.63, 3.8) is 0 Å². The standard InChI is InChI=1S/C14H22N2O6S2/c1-4-22-13(18)11-16(7-8-21-3)12(17)10-15(2)24(19,20)14-6-5-9-23-14/h5-6,9H,4,7-8,10-11H2,1-3H3. The zero-order chi connectivity index (χ0) is 18.2. The highest BCUT2D eigenvalue weighted by molar-refractivity contribution is 7.91. The Hall–Kier alpha value is -1.49. The van der Waals surface area contributed by atoms with E-state index >= 15 is 0 Å². The second-order valence-electron chi connectivity index (χ2n) is 4.81. The molecule has 0 fully saturated rings. The van der Waals surface area contributed by atoms with Crippen LogP contribution in [0.25, 0.3) is 0 Å². The topological polar surface area (TPSA) is 93.2 Å². The van der Waals surface area contributed by atoms with Gasteiger partial charge in [-0.25, -0.2) is 8.42 Å². The Morgan fingerprint density at radius 3 is 2.54 bits per heavy atom. The number of nitrogens with zero attached hydrogens (tertiary/aromatic N) is 2. The van der Waals surface area contributed by atoms with Gasteiger partial charge in [-0.1, -0.05) is 6.07 Å². The number of ether oxygens (including phenoxy) is 2. The van der Waals surface area contributed by atoms with Gasteiger partial charge in [0, 0.05) is 20.7 Å². The molecule has 0 aromatic carbocycles. The molecule has 136 valence electrons. The van der Waals surface area contributed by atoms with Crippen LogP contribution >= 0.6 is 11.3 Å². The van der Waals surface area contributed by atoms with Crippen LogP contribution in [0.15, 0.2) is 21.7 Å². The van der Waals surface area contributed by atoms with E-state index in [-0.39, 0.29) is 37.1 Å². The number of hydrogen-bond donors (Lipinski definition) is 0. The highest BCUT2D eigenvalue weighted by Gasteiger charge is 2.26. The van der Waals surface area contributed by atoms with Crippen molar-refractivity contribution in [3.8, 4) is 0 Å². The van der Waals surface area contributed by atoms with Crippen LogP contribution in [0, 0.1) is 0 Å². The monoisotopic (exact) mass is 378 g/mol. The molecule has 0 saturated heterocycles. The van der Waals surface area contributed by atoms with Gasteiger partial charge in [-0.3, -0.25) is 9.59 Å². The fourth-order valence-corrected chi connectivity index (χ4v) is 4.12. The fraction of sp³-hybridized carbons (Fsp3) is 0.571. The van der Waals surface area contributed by atoms with Gasteiger partial charge in [0.15, 0.2) is 0 Å². The summed E-state index contributed by atoms with van der Waals surface area (Å²) in [6, 6.07) is 3.10. The number of esters is 1. The third-order valence-electron chi connectivity index (χ3n) is 3.06. The van der Waals surface area contributed by atoms with Crippen LogP contribution in [0.1, 0.15) is 6.92 Å². The highest BCUT2D eigenvalue weighted by Crippen LogP contribution is 2.19. The quantitative estimate of drug-likeness (QED) is 0.548. The van der Waals surface area contributed by atoms with Crippen molar-refractivity contribution >= 4 is 33.2 Å². The molecule has 8 nitrogen and oxygen atoms in total. The maximum Gasteiger partial charge on any atom is 0.325 e. The van der Waals surface area contributed by atoms with E-state index in [1.165, 1.54) is 25.1 Å². The largest absolute Gasteiger partial charge is 0.465 e. The van der Waals surface area contributed by atoms with Gasteiger partial charge in [-0.15, -0.1) is 11.3 Å². The molecule has 1 amide bonds. The number of rotatable bonds is 10. The summed E-state index contributed by atoms with van der Waals surface area (Å²) < 4.78 is 35.6. The number of sulfonamides is 1. The molecule has 1 aromatic heterocycles. The Labute approximate surface area is 146 Å². The molecule has 0 aliphatic rings. The molecule has 0 radical (unpaired) electrons. The third kappa shape index (κ3) is 5.86. The SMILES string of the molecule is CCOC(=O)CN(CCOC)C(=O)CN(C)S(=O)(=O)c1cccs1. The molecule has 1 aromatic rings. The predicted molar refractivity (Wildman–Crippen MR) is 89.2 cm³/mol. The van der Waals surface area contributed by atoms with Gasteiger partial charge >= 0.3 is 5.97 Å². The maximum absolute atomic E-state index is 12.4. The average Bonchev–Trinajstić information content (AvgIpc) is 3.06. The van der Waals surface area contributed by atoms with Crippen LogP contribution < -0.4 is 0 Å². The molecule has 1 rings (SSSR count). The molecule has 24 heavy (non-hydrogen) atoms. The van der Waals surface area contributed by atoms with Crippen molar-refractivity contribution in [2.24, 2.45) is 0 Å². The molecule has 0 N–H and O–H groups in total. The van der Waals surface area contributed by atoms with Crippen LogP contribution in [0.5, 0.6) is 0 Å². The van der Waals surface area contributed by atoms with Gasteiger partial charge in [0.1, 0.15) is 10.8 Å². The second-order valence-corrected chi connectivity index (χ2v) is 8.03. The first-order valence-electron chi connectivity index (χ1n) is 7.25. The smallest absolute Gasteiger partial charge is 0.325 e. The van der Waals surface area contributed by atoms with Crippen LogP contribution in [0.2, 0.25) is 0 Å². The number of methoxy groups -OCH3 is 1. The van der Waals surface area contributed by atoms with E-state index < -0.39 is 21.9 Å². The minimum absolute atomic E-state index is 0.159. The first kappa shape index (κ1) is 20.6. The van der Waals surface area contributed by atoms with E-state index in [1.807, 2.05) is 0 Å². The lowest BCUT2D eigenvalue weighted by molar-refractivity contribution is -0.149. The Balaban J connectivity index is 2.77. The summed E-state index contributed by atoms with van der Waals surface area (Å²) in [5, 5.41) is 1.65. The predicted octanol–water partition coefficient (Wildman–Crippen LogP) is 0.407. The van der Waals surface area contributed by atoms with Crippen molar-refractivity contribution in [1.29, 1.82) is 0 Å². The summed E-state index contributed by atoms with van der Waals surface area (Å²) >= 11 is 1.08. The minimum Gasteiger partial charge on any atom is -0.465 e. The minimum atomic E-state index is -3.73. The molecule has 10 heteroatoms. The first-order chi connectivity index (χ1) is 11.3. The van der Waals surface area contributed by atoms with E-state index in [4.69, 9.17) is 9.47 Å². The zero-order valence-electron chi connectivity index (χ0n) is 13.9. The van der Waals surface area contributed by atoms with Crippen molar-refractivity contribution in [3.05, 3.63) is 17.5 Å². The number of carbonyl (C=O) groups is 2. The number of likely N-dealkylation sites (N-methyl/N-ethyl adjacent to an activating group) is 1. The summed E-state index contributed by atoms with van der Waals surface area (Å²) in [5.74, 6) is -1.05. The van der Waals surface area contributed by atoms with Crippen molar-refractivity contribution < 1.29 is 27.5 Å². The number of thiophene rings is 1. The normalized spacial score (nSPS) is 11.5. The van der Waals surface area contributed by atoms with Crippen molar-refractivity contribution in [2.45, 2.75) is 11.1 Å². The Bertz CT molecular complexity index is 630. The molecular weight excluding hydrogens is 356 g/mol. The summed E-state index contributed by atoms with van der Waals surface area (Å²) in [5.41, 5.74) is 0. The molecule has 0 atom stereocenters. The van der Waals surface area contributed by atoms with Crippen LogP contribution in [0.4, 0.5) is 0 Å². The Kier molecular flexibility index (Phi) is 8.32.